The second-order valence-electron chi connectivity index (χ2n) is 7.49. The van der Waals surface area contributed by atoms with Gasteiger partial charge in [0, 0.05) is 25.4 Å². The normalized spacial score (nSPS) is 22.8. The van der Waals surface area contributed by atoms with Crippen molar-refractivity contribution < 1.29 is 18.1 Å². The van der Waals surface area contributed by atoms with Gasteiger partial charge in [-0.25, -0.2) is 8.42 Å². The van der Waals surface area contributed by atoms with Gasteiger partial charge in [0.2, 0.25) is 5.91 Å². The van der Waals surface area contributed by atoms with Crippen molar-refractivity contribution in [1.29, 1.82) is 0 Å². The fourth-order valence-electron chi connectivity index (χ4n) is 4.15. The van der Waals surface area contributed by atoms with E-state index in [1.807, 2.05) is 4.90 Å². The maximum atomic E-state index is 12.6. The third kappa shape index (κ3) is 4.58. The Labute approximate surface area is 159 Å². The minimum atomic E-state index is -3.54. The van der Waals surface area contributed by atoms with E-state index in [4.69, 9.17) is 0 Å². The second-order valence-corrected chi connectivity index (χ2v) is 9.51. The van der Waals surface area contributed by atoms with Gasteiger partial charge in [-0.2, -0.15) is 0 Å². The van der Waals surface area contributed by atoms with Crippen LogP contribution in [0.5, 0.6) is 0 Å². The standard InChI is InChI=1S/C18H25N3O5S/c1-27(25,26)15-6-7-16(17(10-15)21(23)24)19-11-18(22)20-9-8-13-4-2-3-5-14(13)12-20/h6-7,10,13-14,19H,2-5,8-9,11-12H2,1H3/t13-,14+/m1/s1. The predicted octanol–water partition coefficient (Wildman–Crippen LogP) is 2.45. The Balaban J connectivity index is 1.65. The zero-order valence-corrected chi connectivity index (χ0v) is 16.2. The highest BCUT2D eigenvalue weighted by Gasteiger charge is 2.32. The van der Waals surface area contributed by atoms with Crippen LogP contribution in [0.15, 0.2) is 23.1 Å². The number of fused-ring (bicyclic) bond motifs is 1. The Morgan fingerprint density at radius 3 is 2.63 bits per heavy atom. The van der Waals surface area contributed by atoms with Gasteiger partial charge in [-0.3, -0.25) is 14.9 Å². The maximum absolute atomic E-state index is 12.6. The highest BCUT2D eigenvalue weighted by Crippen LogP contribution is 2.36. The van der Waals surface area contributed by atoms with Crippen molar-refractivity contribution in [2.75, 3.05) is 31.2 Å². The SMILES string of the molecule is CS(=O)(=O)c1ccc(NCC(=O)N2CC[C@H]3CCCC[C@H]3C2)c([N+](=O)[O-])c1. The first-order valence-electron chi connectivity index (χ1n) is 9.26. The number of anilines is 1. The average Bonchev–Trinajstić information content (AvgIpc) is 2.64. The summed E-state index contributed by atoms with van der Waals surface area (Å²) in [4.78, 5) is 24.9. The van der Waals surface area contributed by atoms with E-state index in [-0.39, 0.29) is 28.7 Å². The number of likely N-dealkylation sites (tertiary alicyclic amines) is 1. The van der Waals surface area contributed by atoms with Crippen molar-refractivity contribution in [2.45, 2.75) is 37.0 Å². The number of piperidine rings is 1. The van der Waals surface area contributed by atoms with Gasteiger partial charge in [0.25, 0.3) is 5.69 Å². The summed E-state index contributed by atoms with van der Waals surface area (Å²) in [6.45, 7) is 1.45. The molecule has 1 aliphatic heterocycles. The average molecular weight is 395 g/mol. The summed E-state index contributed by atoms with van der Waals surface area (Å²) in [6.07, 6.45) is 6.95. The van der Waals surface area contributed by atoms with Gasteiger partial charge >= 0.3 is 0 Å². The molecule has 0 bridgehead atoms. The fraction of sp³-hybridized carbons (Fsp3) is 0.611. The lowest BCUT2D eigenvalue weighted by Gasteiger charge is -2.41. The topological polar surface area (TPSA) is 110 Å². The van der Waals surface area contributed by atoms with Gasteiger partial charge < -0.3 is 10.2 Å². The summed E-state index contributed by atoms with van der Waals surface area (Å²) in [5.41, 5.74) is -0.204. The number of nitro benzene ring substituents is 1. The first kappa shape index (κ1) is 19.6. The number of hydrogen-bond donors (Lipinski definition) is 1. The van der Waals surface area contributed by atoms with Crippen LogP contribution in [0.2, 0.25) is 0 Å². The molecule has 3 rings (SSSR count). The molecule has 8 nitrogen and oxygen atoms in total. The summed E-state index contributed by atoms with van der Waals surface area (Å²) in [7, 11) is -3.54. The fourth-order valence-corrected chi connectivity index (χ4v) is 4.79. The number of amides is 1. The number of rotatable bonds is 5. The number of nitro groups is 1. The summed E-state index contributed by atoms with van der Waals surface area (Å²) in [6, 6.07) is 3.67. The van der Waals surface area contributed by atoms with E-state index in [1.165, 1.54) is 37.8 Å². The molecule has 0 aromatic heterocycles. The van der Waals surface area contributed by atoms with E-state index in [0.717, 1.165) is 37.8 Å². The largest absolute Gasteiger partial charge is 0.371 e. The summed E-state index contributed by atoms with van der Waals surface area (Å²) < 4.78 is 23.2. The Bertz CT molecular complexity index is 839. The lowest BCUT2D eigenvalue weighted by atomic mass is 9.75. The van der Waals surface area contributed by atoms with Gasteiger partial charge in [0.05, 0.1) is 16.4 Å². The van der Waals surface area contributed by atoms with Gasteiger partial charge in [-0.15, -0.1) is 0 Å². The molecule has 1 aromatic carbocycles. The van der Waals surface area contributed by atoms with Crippen molar-refractivity contribution in [2.24, 2.45) is 11.8 Å². The van der Waals surface area contributed by atoms with Crippen LogP contribution in [-0.4, -0.2) is 50.0 Å². The molecule has 1 saturated heterocycles. The molecule has 2 fully saturated rings. The van der Waals surface area contributed by atoms with Gasteiger partial charge in [-0.05, 0) is 36.8 Å². The zero-order valence-electron chi connectivity index (χ0n) is 15.4. The van der Waals surface area contributed by atoms with E-state index in [0.29, 0.717) is 5.92 Å². The number of carbonyl (C=O) groups excluding carboxylic acids is 1. The molecule has 0 spiro atoms. The Morgan fingerprint density at radius 1 is 1.26 bits per heavy atom. The molecule has 1 heterocycles. The van der Waals surface area contributed by atoms with E-state index < -0.39 is 14.8 Å². The molecule has 1 amide bonds. The zero-order chi connectivity index (χ0) is 19.6. The van der Waals surface area contributed by atoms with E-state index in [9.17, 15) is 23.3 Å². The van der Waals surface area contributed by atoms with Crippen LogP contribution in [-0.2, 0) is 14.6 Å². The predicted molar refractivity (Wildman–Crippen MR) is 101 cm³/mol. The molecular weight excluding hydrogens is 370 g/mol. The van der Waals surface area contributed by atoms with Crippen LogP contribution >= 0.6 is 0 Å². The summed E-state index contributed by atoms with van der Waals surface area (Å²) >= 11 is 0. The molecule has 148 valence electrons. The van der Waals surface area contributed by atoms with Crippen LogP contribution in [0, 0.1) is 22.0 Å². The number of hydrogen-bond acceptors (Lipinski definition) is 6. The molecule has 2 atom stereocenters. The van der Waals surface area contributed by atoms with Crippen LogP contribution in [0.1, 0.15) is 32.1 Å². The molecule has 0 unspecified atom stereocenters. The van der Waals surface area contributed by atoms with Gasteiger partial charge in [0.15, 0.2) is 9.84 Å². The lowest BCUT2D eigenvalue weighted by Crippen LogP contribution is -2.46. The Hall–Kier alpha value is -2.16. The second kappa shape index (κ2) is 7.84. The van der Waals surface area contributed by atoms with Crippen molar-refractivity contribution in [3.05, 3.63) is 28.3 Å². The van der Waals surface area contributed by atoms with Crippen LogP contribution < -0.4 is 5.32 Å². The third-order valence-electron chi connectivity index (χ3n) is 5.67. The molecule has 1 saturated carbocycles. The van der Waals surface area contributed by atoms with Crippen LogP contribution in [0.25, 0.3) is 0 Å². The van der Waals surface area contributed by atoms with Crippen molar-refractivity contribution in [1.82, 2.24) is 4.90 Å². The molecule has 0 radical (unpaired) electrons. The smallest absolute Gasteiger partial charge is 0.293 e. The van der Waals surface area contributed by atoms with E-state index in [1.54, 1.807) is 0 Å². The van der Waals surface area contributed by atoms with Gasteiger partial charge in [0.1, 0.15) is 5.69 Å². The monoisotopic (exact) mass is 395 g/mol. The first-order chi connectivity index (χ1) is 12.8. The van der Waals surface area contributed by atoms with Gasteiger partial charge in [-0.1, -0.05) is 19.3 Å². The lowest BCUT2D eigenvalue weighted by molar-refractivity contribution is -0.384. The highest BCUT2D eigenvalue weighted by molar-refractivity contribution is 7.90. The van der Waals surface area contributed by atoms with Crippen LogP contribution in [0.4, 0.5) is 11.4 Å². The molecule has 1 aromatic rings. The molecule has 1 N–H and O–H groups in total. The number of sulfone groups is 1. The maximum Gasteiger partial charge on any atom is 0.293 e. The van der Waals surface area contributed by atoms with E-state index in [2.05, 4.69) is 5.32 Å². The highest BCUT2D eigenvalue weighted by atomic mass is 32.2. The Morgan fingerprint density at radius 2 is 1.96 bits per heavy atom. The number of carbonyl (C=O) groups is 1. The quantitative estimate of drug-likeness (QED) is 0.606. The Kier molecular flexibility index (Phi) is 5.69. The molecule has 27 heavy (non-hydrogen) atoms. The van der Waals surface area contributed by atoms with Crippen molar-refractivity contribution >= 4 is 27.1 Å². The summed E-state index contributed by atoms with van der Waals surface area (Å²) in [5, 5.41) is 14.1. The summed E-state index contributed by atoms with van der Waals surface area (Å²) in [5.74, 6) is 1.21. The number of nitrogens with zero attached hydrogens (tertiary/aromatic N) is 2. The van der Waals surface area contributed by atoms with E-state index >= 15 is 0 Å². The molecule has 2 aliphatic rings. The molecule has 9 heteroatoms. The van der Waals surface area contributed by atoms with Crippen molar-refractivity contribution in [3.8, 4) is 0 Å². The minimum Gasteiger partial charge on any atom is -0.371 e. The molecular formula is C18H25N3O5S. The number of nitrogens with one attached hydrogen (secondary N) is 1. The third-order valence-corrected chi connectivity index (χ3v) is 6.78. The number of benzene rings is 1. The molecule has 1 aliphatic carbocycles. The van der Waals surface area contributed by atoms with Crippen LogP contribution in [0.3, 0.4) is 0 Å². The van der Waals surface area contributed by atoms with Crippen molar-refractivity contribution in [3.63, 3.8) is 0 Å². The minimum absolute atomic E-state index is 0.0452. The first-order valence-corrected chi connectivity index (χ1v) is 11.1.